The number of piperidine rings is 1. The Morgan fingerprint density at radius 2 is 2.14 bits per heavy atom. The summed E-state index contributed by atoms with van der Waals surface area (Å²) in [5, 5.41) is 10.7. The van der Waals surface area contributed by atoms with Crippen LogP contribution in [0.2, 0.25) is 0 Å². The molecule has 1 saturated heterocycles. The number of aromatic nitrogens is 2. The minimum Gasteiger partial charge on any atom is -0.324 e. The van der Waals surface area contributed by atoms with Crippen LogP contribution in [0.1, 0.15) is 12.8 Å². The van der Waals surface area contributed by atoms with Gasteiger partial charge in [0.05, 0.1) is 0 Å². The van der Waals surface area contributed by atoms with Crippen molar-refractivity contribution in [1.29, 1.82) is 0 Å². The van der Waals surface area contributed by atoms with Gasteiger partial charge >= 0.3 is 0 Å². The van der Waals surface area contributed by atoms with E-state index >= 15 is 0 Å². The van der Waals surface area contributed by atoms with E-state index in [4.69, 9.17) is 0 Å². The minimum atomic E-state index is -0.601. The van der Waals surface area contributed by atoms with Crippen LogP contribution in [0.5, 0.6) is 0 Å². The molecule has 21 heavy (non-hydrogen) atoms. The SMILES string of the molecule is O=C(Nc1cccc(I)c1)C1(n2cccn2)CCNCC1. The normalized spacial score (nSPS) is 17.4. The van der Waals surface area contributed by atoms with Gasteiger partial charge in [-0.3, -0.25) is 9.48 Å². The van der Waals surface area contributed by atoms with Crippen LogP contribution < -0.4 is 10.6 Å². The number of hydrogen-bond acceptors (Lipinski definition) is 3. The topological polar surface area (TPSA) is 59.0 Å². The highest BCUT2D eigenvalue weighted by atomic mass is 127. The average Bonchev–Trinajstić information content (AvgIpc) is 3.02. The summed E-state index contributed by atoms with van der Waals surface area (Å²) in [6.07, 6.45) is 5.08. The third-order valence-corrected chi connectivity index (χ3v) is 4.55. The molecule has 0 spiro atoms. The Morgan fingerprint density at radius 1 is 1.33 bits per heavy atom. The Labute approximate surface area is 137 Å². The molecule has 1 aliphatic heterocycles. The molecule has 0 saturated carbocycles. The number of benzene rings is 1. The van der Waals surface area contributed by atoms with Crippen LogP contribution >= 0.6 is 22.6 Å². The highest BCUT2D eigenvalue weighted by molar-refractivity contribution is 14.1. The van der Waals surface area contributed by atoms with Crippen LogP contribution in [0, 0.1) is 3.57 Å². The quantitative estimate of drug-likeness (QED) is 0.783. The van der Waals surface area contributed by atoms with Gasteiger partial charge in [0.15, 0.2) is 0 Å². The van der Waals surface area contributed by atoms with Crippen molar-refractivity contribution in [2.45, 2.75) is 18.4 Å². The highest BCUT2D eigenvalue weighted by Crippen LogP contribution is 2.28. The molecule has 1 aromatic carbocycles. The fourth-order valence-electron chi connectivity index (χ4n) is 2.74. The maximum absolute atomic E-state index is 12.9. The molecule has 0 atom stereocenters. The Hall–Kier alpha value is -1.41. The van der Waals surface area contributed by atoms with Gasteiger partial charge < -0.3 is 10.6 Å². The number of nitrogens with one attached hydrogen (secondary N) is 2. The Morgan fingerprint density at radius 3 is 2.81 bits per heavy atom. The van der Waals surface area contributed by atoms with Gasteiger partial charge in [-0.25, -0.2) is 0 Å². The van der Waals surface area contributed by atoms with E-state index in [0.717, 1.165) is 35.2 Å². The van der Waals surface area contributed by atoms with Crippen molar-refractivity contribution >= 4 is 34.2 Å². The maximum Gasteiger partial charge on any atom is 0.252 e. The van der Waals surface area contributed by atoms with E-state index in [1.807, 2.05) is 36.5 Å². The summed E-state index contributed by atoms with van der Waals surface area (Å²) in [7, 11) is 0. The van der Waals surface area contributed by atoms with E-state index in [0.29, 0.717) is 0 Å². The Bertz CT molecular complexity index is 620. The minimum absolute atomic E-state index is 0.00898. The highest BCUT2D eigenvalue weighted by Gasteiger charge is 2.41. The molecule has 110 valence electrons. The van der Waals surface area contributed by atoms with Crippen molar-refractivity contribution in [3.05, 3.63) is 46.3 Å². The predicted octanol–water partition coefficient (Wildman–Crippen LogP) is 2.21. The second kappa shape index (κ2) is 6.15. The zero-order valence-electron chi connectivity index (χ0n) is 11.6. The molecule has 0 unspecified atom stereocenters. The monoisotopic (exact) mass is 396 g/mol. The molecular weight excluding hydrogens is 379 g/mol. The summed E-state index contributed by atoms with van der Waals surface area (Å²) in [5.41, 5.74) is 0.229. The third-order valence-electron chi connectivity index (χ3n) is 3.88. The number of carbonyl (C=O) groups is 1. The van der Waals surface area contributed by atoms with Crippen LogP contribution in [0.3, 0.4) is 0 Å². The standard InChI is InChI=1S/C15H17IN4O/c16-12-3-1-4-13(11-12)19-14(21)15(5-8-17-9-6-15)20-10-2-7-18-20/h1-4,7,10-11,17H,5-6,8-9H2,(H,19,21). The summed E-state index contributed by atoms with van der Waals surface area (Å²) >= 11 is 2.24. The first kappa shape index (κ1) is 14.5. The molecular formula is C15H17IN4O. The molecule has 2 aromatic rings. The predicted molar refractivity (Wildman–Crippen MR) is 90.1 cm³/mol. The van der Waals surface area contributed by atoms with E-state index in [9.17, 15) is 4.79 Å². The summed E-state index contributed by atoms with van der Waals surface area (Å²) < 4.78 is 2.90. The summed E-state index contributed by atoms with van der Waals surface area (Å²) in [6.45, 7) is 1.64. The summed E-state index contributed by atoms with van der Waals surface area (Å²) in [4.78, 5) is 12.9. The molecule has 1 amide bonds. The molecule has 2 N–H and O–H groups in total. The molecule has 0 radical (unpaired) electrons. The zero-order valence-corrected chi connectivity index (χ0v) is 13.7. The van der Waals surface area contributed by atoms with Crippen molar-refractivity contribution in [3.63, 3.8) is 0 Å². The van der Waals surface area contributed by atoms with Gasteiger partial charge in [-0.2, -0.15) is 5.10 Å². The van der Waals surface area contributed by atoms with Gasteiger partial charge in [0.2, 0.25) is 0 Å². The summed E-state index contributed by atoms with van der Waals surface area (Å²) in [5.74, 6) is 0.00898. The first-order valence-electron chi connectivity index (χ1n) is 6.99. The van der Waals surface area contributed by atoms with Crippen molar-refractivity contribution < 1.29 is 4.79 Å². The van der Waals surface area contributed by atoms with E-state index in [2.05, 4.69) is 38.3 Å². The molecule has 2 heterocycles. The van der Waals surface area contributed by atoms with Crippen molar-refractivity contribution in [1.82, 2.24) is 15.1 Å². The van der Waals surface area contributed by atoms with Crippen LogP contribution in [0.4, 0.5) is 5.69 Å². The second-order valence-electron chi connectivity index (χ2n) is 5.20. The number of nitrogens with zero attached hydrogens (tertiary/aromatic N) is 2. The van der Waals surface area contributed by atoms with E-state index in [-0.39, 0.29) is 5.91 Å². The van der Waals surface area contributed by atoms with E-state index in [1.54, 1.807) is 10.9 Å². The van der Waals surface area contributed by atoms with Crippen molar-refractivity contribution in [3.8, 4) is 0 Å². The fraction of sp³-hybridized carbons (Fsp3) is 0.333. The van der Waals surface area contributed by atoms with Gasteiger partial charge in [0, 0.05) is 21.7 Å². The third kappa shape index (κ3) is 2.96. The largest absolute Gasteiger partial charge is 0.324 e. The molecule has 3 rings (SSSR count). The van der Waals surface area contributed by atoms with Gasteiger partial charge in [-0.15, -0.1) is 0 Å². The zero-order chi connectivity index (χ0) is 14.7. The number of hydrogen-bond donors (Lipinski definition) is 2. The molecule has 1 fully saturated rings. The number of carbonyl (C=O) groups excluding carboxylic acids is 1. The van der Waals surface area contributed by atoms with Crippen LogP contribution in [0.25, 0.3) is 0 Å². The van der Waals surface area contributed by atoms with Crippen molar-refractivity contribution in [2.75, 3.05) is 18.4 Å². The first-order chi connectivity index (χ1) is 10.2. The lowest BCUT2D eigenvalue weighted by Gasteiger charge is -2.36. The Balaban J connectivity index is 1.88. The molecule has 1 aromatic heterocycles. The lowest BCUT2D eigenvalue weighted by Crippen LogP contribution is -2.52. The lowest BCUT2D eigenvalue weighted by atomic mass is 9.87. The van der Waals surface area contributed by atoms with Gasteiger partial charge in [-0.05, 0) is 72.8 Å². The van der Waals surface area contributed by atoms with Crippen molar-refractivity contribution in [2.24, 2.45) is 0 Å². The van der Waals surface area contributed by atoms with Crippen LogP contribution in [-0.2, 0) is 10.3 Å². The van der Waals surface area contributed by atoms with Crippen LogP contribution in [-0.4, -0.2) is 28.8 Å². The van der Waals surface area contributed by atoms with Gasteiger partial charge in [0.25, 0.3) is 5.91 Å². The fourth-order valence-corrected chi connectivity index (χ4v) is 3.28. The molecule has 0 aliphatic carbocycles. The van der Waals surface area contributed by atoms with Crippen LogP contribution in [0.15, 0.2) is 42.7 Å². The smallest absolute Gasteiger partial charge is 0.252 e. The van der Waals surface area contributed by atoms with E-state index in [1.165, 1.54) is 0 Å². The lowest BCUT2D eigenvalue weighted by molar-refractivity contribution is -0.126. The van der Waals surface area contributed by atoms with Gasteiger partial charge in [-0.1, -0.05) is 6.07 Å². The molecule has 1 aliphatic rings. The average molecular weight is 396 g/mol. The summed E-state index contributed by atoms with van der Waals surface area (Å²) in [6, 6.07) is 9.70. The Kier molecular flexibility index (Phi) is 4.25. The maximum atomic E-state index is 12.9. The molecule has 5 nitrogen and oxygen atoms in total. The van der Waals surface area contributed by atoms with Gasteiger partial charge in [0.1, 0.15) is 5.54 Å². The number of rotatable bonds is 3. The molecule has 0 bridgehead atoms. The van der Waals surface area contributed by atoms with E-state index < -0.39 is 5.54 Å². The number of halogens is 1. The first-order valence-corrected chi connectivity index (χ1v) is 8.06. The second-order valence-corrected chi connectivity index (χ2v) is 6.44. The number of anilines is 1. The molecule has 6 heteroatoms. The number of amides is 1.